The predicted molar refractivity (Wildman–Crippen MR) is 91.8 cm³/mol. The smallest absolute Gasteiger partial charge is 0.220 e. The summed E-state index contributed by atoms with van der Waals surface area (Å²) in [5.41, 5.74) is 1.07. The van der Waals surface area contributed by atoms with Crippen LogP contribution in [0.4, 0.5) is 0 Å². The highest BCUT2D eigenvalue weighted by molar-refractivity contribution is 5.76. The summed E-state index contributed by atoms with van der Waals surface area (Å²) in [6.45, 7) is 9.70. The summed E-state index contributed by atoms with van der Waals surface area (Å²) in [7, 11) is 0. The quantitative estimate of drug-likeness (QED) is 0.823. The maximum absolute atomic E-state index is 12.3. The molecular weight excluding hydrogens is 290 g/mol. The molecule has 2 atom stereocenters. The fourth-order valence-electron chi connectivity index (χ4n) is 3.03. The van der Waals surface area contributed by atoms with Crippen molar-refractivity contribution in [2.24, 2.45) is 11.8 Å². The van der Waals surface area contributed by atoms with Gasteiger partial charge in [-0.25, -0.2) is 0 Å². The largest absolute Gasteiger partial charge is 0.486 e. The van der Waals surface area contributed by atoms with Gasteiger partial charge in [0, 0.05) is 6.42 Å². The van der Waals surface area contributed by atoms with Crippen molar-refractivity contribution in [2.75, 3.05) is 13.2 Å². The van der Waals surface area contributed by atoms with Crippen LogP contribution >= 0.6 is 0 Å². The summed E-state index contributed by atoms with van der Waals surface area (Å²) in [4.78, 5) is 12.3. The van der Waals surface area contributed by atoms with Crippen LogP contribution in [0, 0.1) is 11.8 Å². The molecule has 1 amide bonds. The Bertz CT molecular complexity index is 527. The van der Waals surface area contributed by atoms with Crippen LogP contribution in [0.25, 0.3) is 0 Å². The first-order valence-corrected chi connectivity index (χ1v) is 8.70. The van der Waals surface area contributed by atoms with Gasteiger partial charge in [0.2, 0.25) is 5.91 Å². The van der Waals surface area contributed by atoms with Crippen molar-refractivity contribution in [3.05, 3.63) is 23.8 Å². The second-order valence-electron chi connectivity index (χ2n) is 6.79. The Kier molecular flexibility index (Phi) is 6.31. The van der Waals surface area contributed by atoms with E-state index in [-0.39, 0.29) is 11.9 Å². The third-order valence-corrected chi connectivity index (χ3v) is 4.22. The molecule has 4 nitrogen and oxygen atoms in total. The predicted octanol–water partition coefficient (Wildman–Crippen LogP) is 4.10. The van der Waals surface area contributed by atoms with Gasteiger partial charge in [-0.05, 0) is 29.5 Å². The topological polar surface area (TPSA) is 47.6 Å². The number of benzene rings is 1. The summed E-state index contributed by atoms with van der Waals surface area (Å²) in [6.07, 6.45) is 2.79. The third-order valence-electron chi connectivity index (χ3n) is 4.22. The Morgan fingerprint density at radius 1 is 1.17 bits per heavy atom. The molecule has 0 fully saturated rings. The molecule has 4 heteroatoms. The number of carbonyl (C=O) groups is 1. The molecule has 1 aromatic carbocycles. The maximum Gasteiger partial charge on any atom is 0.220 e. The molecule has 1 aliphatic heterocycles. The van der Waals surface area contributed by atoms with Crippen molar-refractivity contribution in [3.8, 4) is 11.5 Å². The van der Waals surface area contributed by atoms with Crippen molar-refractivity contribution >= 4 is 5.91 Å². The van der Waals surface area contributed by atoms with Crippen LogP contribution in [-0.2, 0) is 4.79 Å². The van der Waals surface area contributed by atoms with Gasteiger partial charge in [0.25, 0.3) is 0 Å². The minimum atomic E-state index is -0.00727. The Labute approximate surface area is 139 Å². The second kappa shape index (κ2) is 8.23. The fraction of sp³-hybridized carbons (Fsp3) is 0.632. The highest BCUT2D eigenvalue weighted by Gasteiger charge is 2.22. The number of hydrogen-bond acceptors (Lipinski definition) is 3. The van der Waals surface area contributed by atoms with Gasteiger partial charge < -0.3 is 14.8 Å². The zero-order chi connectivity index (χ0) is 16.8. The average Bonchev–Trinajstić information content (AvgIpc) is 2.52. The molecule has 1 N–H and O–H groups in total. The van der Waals surface area contributed by atoms with Gasteiger partial charge in [0.05, 0.1) is 6.04 Å². The summed E-state index contributed by atoms with van der Waals surface area (Å²) in [5, 5.41) is 3.19. The van der Waals surface area contributed by atoms with Gasteiger partial charge in [-0.2, -0.15) is 0 Å². The molecule has 128 valence electrons. The first kappa shape index (κ1) is 17.6. The van der Waals surface area contributed by atoms with Crippen LogP contribution < -0.4 is 14.8 Å². The molecule has 0 aromatic heterocycles. The molecule has 1 aromatic rings. The summed E-state index contributed by atoms with van der Waals surface area (Å²) >= 11 is 0. The highest BCUT2D eigenvalue weighted by Crippen LogP contribution is 2.34. The van der Waals surface area contributed by atoms with Crippen LogP contribution in [0.3, 0.4) is 0 Å². The molecule has 0 saturated carbocycles. The first-order valence-electron chi connectivity index (χ1n) is 8.70. The third kappa shape index (κ3) is 4.88. The molecule has 0 aliphatic carbocycles. The number of nitrogens with one attached hydrogen (secondary N) is 1. The molecule has 0 spiro atoms. The van der Waals surface area contributed by atoms with E-state index in [1.54, 1.807) is 0 Å². The molecule has 1 heterocycles. The van der Waals surface area contributed by atoms with E-state index in [9.17, 15) is 4.79 Å². The molecule has 2 unspecified atom stereocenters. The van der Waals surface area contributed by atoms with Crippen molar-refractivity contribution in [1.29, 1.82) is 0 Å². The van der Waals surface area contributed by atoms with Crippen molar-refractivity contribution in [1.82, 2.24) is 5.32 Å². The number of amides is 1. The zero-order valence-corrected chi connectivity index (χ0v) is 14.7. The molecule has 23 heavy (non-hydrogen) atoms. The molecule has 0 radical (unpaired) electrons. The Morgan fingerprint density at radius 2 is 1.87 bits per heavy atom. The highest BCUT2D eigenvalue weighted by atomic mass is 16.6. The van der Waals surface area contributed by atoms with E-state index in [0.717, 1.165) is 29.9 Å². The normalized spacial score (nSPS) is 16.0. The van der Waals surface area contributed by atoms with Gasteiger partial charge in [0.15, 0.2) is 11.5 Å². The number of rotatable bonds is 7. The number of ether oxygens (including phenoxy) is 2. The van der Waals surface area contributed by atoms with Crippen LogP contribution in [-0.4, -0.2) is 19.1 Å². The number of carbonyl (C=O) groups excluding carboxylic acids is 1. The van der Waals surface area contributed by atoms with Gasteiger partial charge in [-0.1, -0.05) is 46.6 Å². The number of fused-ring (bicyclic) bond motifs is 1. The minimum Gasteiger partial charge on any atom is -0.486 e. The van der Waals surface area contributed by atoms with Gasteiger partial charge in [-0.15, -0.1) is 0 Å². The van der Waals surface area contributed by atoms with E-state index in [1.807, 2.05) is 18.2 Å². The van der Waals surface area contributed by atoms with Crippen molar-refractivity contribution in [3.63, 3.8) is 0 Å². The van der Waals surface area contributed by atoms with E-state index in [2.05, 4.69) is 33.0 Å². The van der Waals surface area contributed by atoms with Crippen LogP contribution in [0.1, 0.15) is 58.6 Å². The van der Waals surface area contributed by atoms with Crippen molar-refractivity contribution < 1.29 is 14.3 Å². The van der Waals surface area contributed by atoms with Crippen LogP contribution in [0.2, 0.25) is 0 Å². The Morgan fingerprint density at radius 3 is 2.52 bits per heavy atom. The average molecular weight is 319 g/mol. The second-order valence-corrected chi connectivity index (χ2v) is 6.79. The summed E-state index contributed by atoms with van der Waals surface area (Å²) in [6, 6.07) is 5.95. The molecule has 1 aliphatic rings. The van der Waals surface area contributed by atoms with Crippen LogP contribution in [0.5, 0.6) is 11.5 Å². The zero-order valence-electron chi connectivity index (χ0n) is 14.7. The lowest BCUT2D eigenvalue weighted by molar-refractivity contribution is -0.123. The van der Waals surface area contributed by atoms with E-state index < -0.39 is 0 Å². The lowest BCUT2D eigenvalue weighted by Gasteiger charge is -2.26. The Balaban J connectivity index is 2.07. The SMILES string of the molecule is CCCC(C)CC(=O)NC(c1ccc2c(c1)OCCO2)C(C)C. The molecule has 2 rings (SSSR count). The van der Waals surface area contributed by atoms with E-state index in [1.165, 1.54) is 0 Å². The molecule has 0 bridgehead atoms. The van der Waals surface area contributed by atoms with Gasteiger partial charge in [-0.3, -0.25) is 4.79 Å². The minimum absolute atomic E-state index is 0.00727. The Hall–Kier alpha value is -1.71. The van der Waals surface area contributed by atoms with Crippen molar-refractivity contribution in [2.45, 2.75) is 53.0 Å². The van der Waals surface area contributed by atoms with Gasteiger partial charge >= 0.3 is 0 Å². The molecular formula is C19H29NO3. The van der Waals surface area contributed by atoms with E-state index in [0.29, 0.717) is 31.5 Å². The maximum atomic E-state index is 12.3. The van der Waals surface area contributed by atoms with E-state index in [4.69, 9.17) is 9.47 Å². The molecule has 0 saturated heterocycles. The van der Waals surface area contributed by atoms with Gasteiger partial charge in [0.1, 0.15) is 13.2 Å². The first-order chi connectivity index (χ1) is 11.0. The standard InChI is InChI=1S/C19H29NO3/c1-5-6-14(4)11-18(21)20-19(13(2)3)15-7-8-16-17(12-15)23-10-9-22-16/h7-8,12-14,19H,5-6,9-11H2,1-4H3,(H,20,21). The number of hydrogen-bond donors (Lipinski definition) is 1. The monoisotopic (exact) mass is 319 g/mol. The summed E-state index contributed by atoms with van der Waals surface area (Å²) < 4.78 is 11.2. The lowest BCUT2D eigenvalue weighted by Crippen LogP contribution is -2.32. The fourth-order valence-corrected chi connectivity index (χ4v) is 3.03. The lowest BCUT2D eigenvalue weighted by atomic mass is 9.94. The van der Waals surface area contributed by atoms with Crippen LogP contribution in [0.15, 0.2) is 18.2 Å². The summed E-state index contributed by atoms with van der Waals surface area (Å²) in [5.74, 6) is 2.41. The van der Waals surface area contributed by atoms with E-state index >= 15 is 0 Å².